The first-order valence-corrected chi connectivity index (χ1v) is 7.69. The summed E-state index contributed by atoms with van der Waals surface area (Å²) in [5, 5.41) is 4.49. The number of hydrogen-bond donors (Lipinski definition) is 1. The van der Waals surface area contributed by atoms with Crippen molar-refractivity contribution >= 4 is 34.8 Å². The van der Waals surface area contributed by atoms with Crippen molar-refractivity contribution in [1.82, 2.24) is 5.32 Å². The minimum atomic E-state index is -0.232. The van der Waals surface area contributed by atoms with Crippen molar-refractivity contribution < 1.29 is 4.39 Å². The SMILES string of the molecule is CC(N[C@H](C)c1ccccc1F)c1ccc(Cl)c(Cl)c1Cl. The Morgan fingerprint density at radius 1 is 0.857 bits per heavy atom. The van der Waals surface area contributed by atoms with Gasteiger partial charge in [-0.15, -0.1) is 0 Å². The van der Waals surface area contributed by atoms with E-state index < -0.39 is 0 Å². The minimum Gasteiger partial charge on any atom is -0.303 e. The summed E-state index contributed by atoms with van der Waals surface area (Å²) in [4.78, 5) is 0. The third-order valence-corrected chi connectivity index (χ3v) is 4.71. The van der Waals surface area contributed by atoms with Gasteiger partial charge in [-0.05, 0) is 31.5 Å². The first kappa shape index (κ1) is 16.6. The van der Waals surface area contributed by atoms with E-state index in [-0.39, 0.29) is 17.9 Å². The molecule has 0 saturated carbocycles. The van der Waals surface area contributed by atoms with Crippen LogP contribution in [0.15, 0.2) is 36.4 Å². The summed E-state index contributed by atoms with van der Waals surface area (Å²) in [5.74, 6) is -0.232. The van der Waals surface area contributed by atoms with Crippen LogP contribution in [-0.4, -0.2) is 0 Å². The number of benzene rings is 2. The van der Waals surface area contributed by atoms with Crippen LogP contribution in [0.25, 0.3) is 0 Å². The number of halogens is 4. The maximum atomic E-state index is 13.8. The minimum absolute atomic E-state index is 0.0955. The highest BCUT2D eigenvalue weighted by Crippen LogP contribution is 2.36. The van der Waals surface area contributed by atoms with Crippen LogP contribution < -0.4 is 5.32 Å². The zero-order valence-electron chi connectivity index (χ0n) is 11.6. The van der Waals surface area contributed by atoms with Gasteiger partial charge in [0.1, 0.15) is 5.82 Å². The monoisotopic (exact) mass is 345 g/mol. The van der Waals surface area contributed by atoms with E-state index in [4.69, 9.17) is 34.8 Å². The van der Waals surface area contributed by atoms with Crippen LogP contribution in [-0.2, 0) is 0 Å². The van der Waals surface area contributed by atoms with E-state index in [1.54, 1.807) is 18.2 Å². The molecule has 1 unspecified atom stereocenters. The van der Waals surface area contributed by atoms with Gasteiger partial charge in [0.15, 0.2) is 0 Å². The molecular formula is C16H15Cl3FN. The van der Waals surface area contributed by atoms with Crippen molar-refractivity contribution in [2.75, 3.05) is 0 Å². The molecule has 21 heavy (non-hydrogen) atoms. The van der Waals surface area contributed by atoms with Crippen LogP contribution in [0.2, 0.25) is 15.1 Å². The maximum absolute atomic E-state index is 13.8. The Morgan fingerprint density at radius 3 is 2.14 bits per heavy atom. The van der Waals surface area contributed by atoms with Crippen molar-refractivity contribution in [3.8, 4) is 0 Å². The van der Waals surface area contributed by atoms with E-state index in [2.05, 4.69) is 5.32 Å². The van der Waals surface area contributed by atoms with Crippen molar-refractivity contribution in [2.45, 2.75) is 25.9 Å². The van der Waals surface area contributed by atoms with Gasteiger partial charge in [0.25, 0.3) is 0 Å². The first-order chi connectivity index (χ1) is 9.91. The highest BCUT2D eigenvalue weighted by molar-refractivity contribution is 6.48. The molecule has 2 rings (SSSR count). The lowest BCUT2D eigenvalue weighted by Crippen LogP contribution is -2.23. The molecule has 1 nitrogen and oxygen atoms in total. The van der Waals surface area contributed by atoms with Gasteiger partial charge >= 0.3 is 0 Å². The van der Waals surface area contributed by atoms with Crippen molar-refractivity contribution in [3.05, 3.63) is 68.4 Å². The van der Waals surface area contributed by atoms with Crippen molar-refractivity contribution in [1.29, 1.82) is 0 Å². The van der Waals surface area contributed by atoms with Crippen LogP contribution in [0, 0.1) is 5.82 Å². The van der Waals surface area contributed by atoms with Crippen LogP contribution in [0.3, 0.4) is 0 Å². The predicted molar refractivity (Wildman–Crippen MR) is 87.8 cm³/mol. The topological polar surface area (TPSA) is 12.0 Å². The lowest BCUT2D eigenvalue weighted by molar-refractivity contribution is 0.474. The fourth-order valence-electron chi connectivity index (χ4n) is 2.26. The zero-order chi connectivity index (χ0) is 15.6. The zero-order valence-corrected chi connectivity index (χ0v) is 13.9. The number of nitrogens with one attached hydrogen (secondary N) is 1. The van der Waals surface area contributed by atoms with E-state index in [9.17, 15) is 4.39 Å². The second-order valence-electron chi connectivity index (χ2n) is 4.90. The van der Waals surface area contributed by atoms with Gasteiger partial charge in [0.05, 0.1) is 15.1 Å². The van der Waals surface area contributed by atoms with Gasteiger partial charge in [0, 0.05) is 17.6 Å². The molecule has 1 N–H and O–H groups in total. The molecule has 0 heterocycles. The molecule has 0 spiro atoms. The molecule has 0 aromatic heterocycles. The average Bonchev–Trinajstić information content (AvgIpc) is 2.45. The Kier molecular flexibility index (Phi) is 5.50. The Hall–Kier alpha value is -0.800. The fraction of sp³-hybridized carbons (Fsp3) is 0.250. The molecule has 0 bridgehead atoms. The number of rotatable bonds is 4. The standard InChI is InChI=1S/C16H15Cl3FN/c1-9(11-5-3-4-6-14(11)20)21-10(2)12-7-8-13(17)16(19)15(12)18/h3-10,21H,1-2H3/t9-,10?/m1/s1. The largest absolute Gasteiger partial charge is 0.303 e. The number of hydrogen-bond acceptors (Lipinski definition) is 1. The summed E-state index contributed by atoms with van der Waals surface area (Å²) in [6.07, 6.45) is 0. The third kappa shape index (κ3) is 3.70. The summed E-state index contributed by atoms with van der Waals surface area (Å²) in [6.45, 7) is 3.85. The van der Waals surface area contributed by atoms with Crippen LogP contribution in [0.5, 0.6) is 0 Å². The molecule has 2 aromatic rings. The molecular weight excluding hydrogens is 332 g/mol. The van der Waals surface area contributed by atoms with Crippen molar-refractivity contribution in [3.63, 3.8) is 0 Å². The predicted octanol–water partition coefficient (Wildman–Crippen LogP) is 6.20. The lowest BCUT2D eigenvalue weighted by atomic mass is 10.0. The van der Waals surface area contributed by atoms with Gasteiger partial charge in [-0.1, -0.05) is 59.1 Å². The average molecular weight is 347 g/mol. The van der Waals surface area contributed by atoms with Gasteiger partial charge in [0.2, 0.25) is 0 Å². The lowest BCUT2D eigenvalue weighted by Gasteiger charge is -2.22. The third-order valence-electron chi connectivity index (χ3n) is 3.40. The summed E-state index contributed by atoms with van der Waals surface area (Å²) >= 11 is 18.2. The Balaban J connectivity index is 2.20. The molecule has 5 heteroatoms. The van der Waals surface area contributed by atoms with Gasteiger partial charge in [-0.25, -0.2) is 4.39 Å². The second-order valence-corrected chi connectivity index (χ2v) is 6.06. The molecule has 0 aliphatic carbocycles. The molecule has 112 valence electrons. The van der Waals surface area contributed by atoms with E-state index in [0.29, 0.717) is 20.6 Å². The quantitative estimate of drug-likeness (QED) is 0.650. The highest BCUT2D eigenvalue weighted by atomic mass is 35.5. The van der Waals surface area contributed by atoms with Crippen LogP contribution in [0.1, 0.15) is 37.1 Å². The summed E-state index contributed by atoms with van der Waals surface area (Å²) in [6, 6.07) is 9.96. The second kappa shape index (κ2) is 6.97. The molecule has 0 radical (unpaired) electrons. The molecule has 0 fully saturated rings. The van der Waals surface area contributed by atoms with Crippen LogP contribution in [0.4, 0.5) is 4.39 Å². The Bertz CT molecular complexity index is 645. The Labute approximate surface area is 139 Å². The van der Waals surface area contributed by atoms with E-state index in [1.165, 1.54) is 6.07 Å². The highest BCUT2D eigenvalue weighted by Gasteiger charge is 2.18. The van der Waals surface area contributed by atoms with E-state index >= 15 is 0 Å². The van der Waals surface area contributed by atoms with Gasteiger partial charge in [-0.3, -0.25) is 0 Å². The molecule has 2 aromatic carbocycles. The van der Waals surface area contributed by atoms with E-state index in [0.717, 1.165) is 5.56 Å². The molecule has 0 saturated heterocycles. The molecule has 0 amide bonds. The summed E-state index contributed by atoms with van der Waals surface area (Å²) in [5.41, 5.74) is 1.44. The van der Waals surface area contributed by atoms with Crippen molar-refractivity contribution in [2.24, 2.45) is 0 Å². The Morgan fingerprint density at radius 2 is 1.48 bits per heavy atom. The first-order valence-electron chi connectivity index (χ1n) is 6.55. The molecule has 0 aliphatic rings. The maximum Gasteiger partial charge on any atom is 0.127 e. The molecule has 2 atom stereocenters. The normalized spacial score (nSPS) is 14.0. The van der Waals surface area contributed by atoms with Crippen LogP contribution >= 0.6 is 34.8 Å². The van der Waals surface area contributed by atoms with Gasteiger partial charge in [-0.2, -0.15) is 0 Å². The smallest absolute Gasteiger partial charge is 0.127 e. The molecule has 0 aliphatic heterocycles. The van der Waals surface area contributed by atoms with E-state index in [1.807, 2.05) is 26.0 Å². The summed E-state index contributed by atoms with van der Waals surface area (Å²) < 4.78 is 13.8. The summed E-state index contributed by atoms with van der Waals surface area (Å²) in [7, 11) is 0. The fourth-order valence-corrected chi connectivity index (χ4v) is 2.96. The van der Waals surface area contributed by atoms with Gasteiger partial charge < -0.3 is 5.32 Å².